The predicted octanol–water partition coefficient (Wildman–Crippen LogP) is 1.56. The van der Waals surface area contributed by atoms with Gasteiger partial charge in [-0.05, 0) is 30.6 Å². The second kappa shape index (κ2) is 4.97. The van der Waals surface area contributed by atoms with Gasteiger partial charge in [0, 0.05) is 19.1 Å². The van der Waals surface area contributed by atoms with Crippen molar-refractivity contribution in [2.45, 2.75) is 40.0 Å². The van der Waals surface area contributed by atoms with Gasteiger partial charge in [-0.3, -0.25) is 4.79 Å². The molecular formula is C12H23NO2. The zero-order chi connectivity index (χ0) is 11.5. The molecule has 1 saturated carbocycles. The highest BCUT2D eigenvalue weighted by atomic mass is 16.3. The molecule has 0 bridgehead atoms. The fourth-order valence-electron chi connectivity index (χ4n) is 1.69. The molecule has 1 amide bonds. The van der Waals surface area contributed by atoms with E-state index in [4.69, 9.17) is 5.11 Å². The van der Waals surface area contributed by atoms with Crippen molar-refractivity contribution in [3.8, 4) is 0 Å². The maximum absolute atomic E-state index is 11.7. The van der Waals surface area contributed by atoms with Crippen LogP contribution in [0.3, 0.4) is 0 Å². The highest BCUT2D eigenvalue weighted by Crippen LogP contribution is 2.36. The van der Waals surface area contributed by atoms with Crippen LogP contribution >= 0.6 is 0 Å². The van der Waals surface area contributed by atoms with Gasteiger partial charge in [-0.2, -0.15) is 0 Å². The molecule has 0 heterocycles. The molecule has 88 valence electrons. The molecule has 0 aromatic carbocycles. The second-order valence-corrected chi connectivity index (χ2v) is 5.48. The molecule has 1 aliphatic rings. The van der Waals surface area contributed by atoms with Gasteiger partial charge >= 0.3 is 0 Å². The van der Waals surface area contributed by atoms with Crippen molar-refractivity contribution in [1.29, 1.82) is 0 Å². The van der Waals surface area contributed by atoms with Gasteiger partial charge in [0.25, 0.3) is 0 Å². The highest BCUT2D eigenvalue weighted by Gasteiger charge is 2.33. The first-order chi connectivity index (χ1) is 6.96. The van der Waals surface area contributed by atoms with Crippen LogP contribution in [0.2, 0.25) is 0 Å². The van der Waals surface area contributed by atoms with E-state index in [9.17, 15) is 4.79 Å². The van der Waals surface area contributed by atoms with Crippen LogP contribution in [0.25, 0.3) is 0 Å². The average Bonchev–Trinajstić information content (AvgIpc) is 2.96. The van der Waals surface area contributed by atoms with Crippen LogP contribution in [-0.2, 0) is 4.79 Å². The minimum Gasteiger partial charge on any atom is -0.396 e. The molecule has 0 saturated heterocycles. The Morgan fingerprint density at radius 2 is 2.13 bits per heavy atom. The van der Waals surface area contributed by atoms with Crippen molar-refractivity contribution in [2.75, 3.05) is 13.2 Å². The largest absolute Gasteiger partial charge is 0.396 e. The first kappa shape index (κ1) is 12.5. The summed E-state index contributed by atoms with van der Waals surface area (Å²) in [6.45, 7) is 6.97. The normalized spacial score (nSPS) is 18.7. The SMILES string of the molecule is CC(C(=O)NCC(C)(C)CCO)C1CC1. The molecule has 2 N–H and O–H groups in total. The van der Waals surface area contributed by atoms with Crippen LogP contribution < -0.4 is 5.32 Å². The van der Waals surface area contributed by atoms with Gasteiger partial charge in [-0.1, -0.05) is 20.8 Å². The van der Waals surface area contributed by atoms with Gasteiger partial charge < -0.3 is 10.4 Å². The lowest BCUT2D eigenvalue weighted by Gasteiger charge is -2.24. The fraction of sp³-hybridized carbons (Fsp3) is 0.917. The summed E-state index contributed by atoms with van der Waals surface area (Å²) in [5, 5.41) is 11.8. The van der Waals surface area contributed by atoms with E-state index >= 15 is 0 Å². The maximum atomic E-state index is 11.7. The van der Waals surface area contributed by atoms with Gasteiger partial charge in [0.2, 0.25) is 5.91 Å². The zero-order valence-electron chi connectivity index (χ0n) is 10.0. The minimum atomic E-state index is -0.00627. The van der Waals surface area contributed by atoms with Crippen LogP contribution in [0, 0.1) is 17.3 Å². The van der Waals surface area contributed by atoms with Crippen molar-refractivity contribution in [2.24, 2.45) is 17.3 Å². The molecule has 1 fully saturated rings. The quantitative estimate of drug-likeness (QED) is 0.703. The van der Waals surface area contributed by atoms with Crippen LogP contribution in [0.1, 0.15) is 40.0 Å². The number of rotatable bonds is 6. The molecule has 1 unspecified atom stereocenters. The van der Waals surface area contributed by atoms with E-state index in [1.54, 1.807) is 0 Å². The lowest BCUT2D eigenvalue weighted by Crippen LogP contribution is -2.37. The molecule has 0 aromatic heterocycles. The third kappa shape index (κ3) is 4.20. The summed E-state index contributed by atoms with van der Waals surface area (Å²) in [7, 11) is 0. The molecule has 0 aromatic rings. The van der Waals surface area contributed by atoms with Crippen molar-refractivity contribution in [3.63, 3.8) is 0 Å². The van der Waals surface area contributed by atoms with Crippen molar-refractivity contribution >= 4 is 5.91 Å². The zero-order valence-corrected chi connectivity index (χ0v) is 10.0. The Bertz CT molecular complexity index is 222. The van der Waals surface area contributed by atoms with Gasteiger partial charge in [-0.15, -0.1) is 0 Å². The number of hydrogen-bond acceptors (Lipinski definition) is 2. The van der Waals surface area contributed by atoms with Crippen LogP contribution in [0.5, 0.6) is 0 Å². The van der Waals surface area contributed by atoms with Crippen molar-refractivity contribution in [1.82, 2.24) is 5.32 Å². The van der Waals surface area contributed by atoms with Gasteiger partial charge in [0.1, 0.15) is 0 Å². The summed E-state index contributed by atoms with van der Waals surface area (Å²) in [5.74, 6) is 0.949. The Morgan fingerprint density at radius 1 is 1.53 bits per heavy atom. The molecule has 3 nitrogen and oxygen atoms in total. The third-order valence-corrected chi connectivity index (χ3v) is 3.27. The molecule has 1 rings (SSSR count). The first-order valence-electron chi connectivity index (χ1n) is 5.85. The molecule has 3 heteroatoms. The van der Waals surface area contributed by atoms with E-state index in [2.05, 4.69) is 19.2 Å². The van der Waals surface area contributed by atoms with E-state index < -0.39 is 0 Å². The molecule has 0 radical (unpaired) electrons. The van der Waals surface area contributed by atoms with Crippen LogP contribution in [-0.4, -0.2) is 24.2 Å². The molecule has 15 heavy (non-hydrogen) atoms. The van der Waals surface area contributed by atoms with Gasteiger partial charge in [0.15, 0.2) is 0 Å². The standard InChI is InChI=1S/C12H23NO2/c1-9(10-4-5-10)11(15)13-8-12(2,3)6-7-14/h9-10,14H,4-8H2,1-3H3,(H,13,15). The summed E-state index contributed by atoms with van der Waals surface area (Å²) < 4.78 is 0. The van der Waals surface area contributed by atoms with E-state index in [0.29, 0.717) is 12.5 Å². The van der Waals surface area contributed by atoms with Crippen molar-refractivity contribution in [3.05, 3.63) is 0 Å². The number of aliphatic hydroxyl groups is 1. The summed E-state index contributed by atoms with van der Waals surface area (Å²) in [5.41, 5.74) is -0.00627. The topological polar surface area (TPSA) is 49.3 Å². The molecule has 1 aliphatic carbocycles. The number of nitrogens with one attached hydrogen (secondary N) is 1. The molecule has 1 atom stereocenters. The number of carbonyl (C=O) groups is 1. The first-order valence-corrected chi connectivity index (χ1v) is 5.85. The van der Waals surface area contributed by atoms with Crippen LogP contribution in [0.15, 0.2) is 0 Å². The Morgan fingerprint density at radius 3 is 2.60 bits per heavy atom. The molecule has 0 aliphatic heterocycles. The van der Waals surface area contributed by atoms with E-state index in [0.717, 1.165) is 6.42 Å². The Labute approximate surface area is 92.3 Å². The summed E-state index contributed by atoms with van der Waals surface area (Å²) in [6, 6.07) is 0. The average molecular weight is 213 g/mol. The monoisotopic (exact) mass is 213 g/mol. The molecule has 0 spiro atoms. The summed E-state index contributed by atoms with van der Waals surface area (Å²) in [6.07, 6.45) is 3.13. The summed E-state index contributed by atoms with van der Waals surface area (Å²) in [4.78, 5) is 11.7. The summed E-state index contributed by atoms with van der Waals surface area (Å²) >= 11 is 0. The lowest BCUT2D eigenvalue weighted by molar-refractivity contribution is -0.125. The maximum Gasteiger partial charge on any atom is 0.223 e. The fourth-order valence-corrected chi connectivity index (χ4v) is 1.69. The van der Waals surface area contributed by atoms with Gasteiger partial charge in [-0.25, -0.2) is 0 Å². The van der Waals surface area contributed by atoms with Gasteiger partial charge in [0.05, 0.1) is 0 Å². The Kier molecular flexibility index (Phi) is 4.14. The number of carbonyl (C=O) groups excluding carboxylic acids is 1. The highest BCUT2D eigenvalue weighted by molar-refractivity contribution is 5.78. The Hall–Kier alpha value is -0.570. The van der Waals surface area contributed by atoms with E-state index in [1.807, 2.05) is 6.92 Å². The van der Waals surface area contributed by atoms with Crippen molar-refractivity contribution < 1.29 is 9.90 Å². The number of aliphatic hydroxyl groups excluding tert-OH is 1. The number of amides is 1. The predicted molar refractivity (Wildman–Crippen MR) is 60.4 cm³/mol. The minimum absolute atomic E-state index is 0.00627. The Balaban J connectivity index is 2.26. The molecular weight excluding hydrogens is 190 g/mol. The van der Waals surface area contributed by atoms with Crippen LogP contribution in [0.4, 0.5) is 0 Å². The number of hydrogen-bond donors (Lipinski definition) is 2. The third-order valence-electron chi connectivity index (χ3n) is 3.27. The lowest BCUT2D eigenvalue weighted by atomic mass is 9.89. The van der Waals surface area contributed by atoms with E-state index in [-0.39, 0.29) is 23.8 Å². The van der Waals surface area contributed by atoms with E-state index in [1.165, 1.54) is 12.8 Å². The second-order valence-electron chi connectivity index (χ2n) is 5.48. The smallest absolute Gasteiger partial charge is 0.223 e.